The molecular formula is C17H11N3O. The molecule has 100 valence electrons. The fourth-order valence-corrected chi connectivity index (χ4v) is 2.05. The molecule has 4 nitrogen and oxygen atoms in total. The quantitative estimate of drug-likeness (QED) is 0.778. The van der Waals surface area contributed by atoms with E-state index < -0.39 is 0 Å². The molecule has 0 unspecified atom stereocenters. The summed E-state index contributed by atoms with van der Waals surface area (Å²) >= 11 is 0. The number of benzene rings is 2. The van der Waals surface area contributed by atoms with Crippen molar-refractivity contribution in [3.63, 3.8) is 0 Å². The van der Waals surface area contributed by atoms with Crippen molar-refractivity contribution < 1.29 is 4.79 Å². The Bertz CT molecular complexity index is 848. The largest absolute Gasteiger partial charge is 0.322 e. The molecule has 0 radical (unpaired) electrons. The molecule has 1 N–H and O–H groups in total. The Balaban J connectivity index is 1.84. The summed E-state index contributed by atoms with van der Waals surface area (Å²) in [6.07, 6.45) is 1.72. The van der Waals surface area contributed by atoms with Gasteiger partial charge in [-0.3, -0.25) is 9.78 Å². The first kappa shape index (κ1) is 12.8. The Kier molecular flexibility index (Phi) is 3.32. The maximum absolute atomic E-state index is 12.2. The van der Waals surface area contributed by atoms with Gasteiger partial charge in [-0.25, -0.2) is 0 Å². The molecule has 0 aliphatic rings. The Labute approximate surface area is 121 Å². The van der Waals surface area contributed by atoms with Gasteiger partial charge in [0.2, 0.25) is 0 Å². The number of nitrogens with one attached hydrogen (secondary N) is 1. The Morgan fingerprint density at radius 2 is 1.90 bits per heavy atom. The highest BCUT2D eigenvalue weighted by Gasteiger charge is 2.07. The van der Waals surface area contributed by atoms with E-state index in [0.717, 1.165) is 10.9 Å². The van der Waals surface area contributed by atoms with E-state index in [2.05, 4.69) is 10.3 Å². The molecular weight excluding hydrogens is 262 g/mol. The smallest absolute Gasteiger partial charge is 0.255 e. The topological polar surface area (TPSA) is 65.8 Å². The van der Waals surface area contributed by atoms with Crippen LogP contribution in [-0.4, -0.2) is 10.9 Å². The number of amides is 1. The van der Waals surface area contributed by atoms with Crippen LogP contribution in [-0.2, 0) is 0 Å². The fraction of sp³-hybridized carbons (Fsp3) is 0. The van der Waals surface area contributed by atoms with Gasteiger partial charge in [-0.05, 0) is 48.5 Å². The molecule has 0 bridgehead atoms. The Hall–Kier alpha value is -3.19. The number of nitrogens with zero attached hydrogens (tertiary/aromatic N) is 2. The first-order valence-electron chi connectivity index (χ1n) is 6.42. The summed E-state index contributed by atoms with van der Waals surface area (Å²) in [4.78, 5) is 16.4. The number of hydrogen-bond donors (Lipinski definition) is 1. The van der Waals surface area contributed by atoms with Crippen LogP contribution in [0.1, 0.15) is 15.9 Å². The van der Waals surface area contributed by atoms with E-state index in [0.29, 0.717) is 16.8 Å². The summed E-state index contributed by atoms with van der Waals surface area (Å²) in [6.45, 7) is 0. The van der Waals surface area contributed by atoms with Crippen LogP contribution in [0, 0.1) is 11.3 Å². The van der Waals surface area contributed by atoms with Crippen LogP contribution < -0.4 is 5.32 Å². The van der Waals surface area contributed by atoms with E-state index in [1.807, 2.05) is 24.3 Å². The minimum atomic E-state index is -0.189. The average Bonchev–Trinajstić information content (AvgIpc) is 2.55. The van der Waals surface area contributed by atoms with Gasteiger partial charge in [0.1, 0.15) is 0 Å². The maximum atomic E-state index is 12.2. The van der Waals surface area contributed by atoms with E-state index in [4.69, 9.17) is 5.26 Å². The van der Waals surface area contributed by atoms with Gasteiger partial charge in [0.15, 0.2) is 0 Å². The summed E-state index contributed by atoms with van der Waals surface area (Å²) in [5.74, 6) is -0.189. The average molecular weight is 273 g/mol. The molecule has 3 rings (SSSR count). The molecule has 21 heavy (non-hydrogen) atoms. The second kappa shape index (κ2) is 5.43. The lowest BCUT2D eigenvalue weighted by Crippen LogP contribution is -2.11. The molecule has 0 aliphatic carbocycles. The number of rotatable bonds is 2. The molecule has 0 saturated carbocycles. The zero-order valence-electron chi connectivity index (χ0n) is 11.1. The zero-order valence-corrected chi connectivity index (χ0v) is 11.1. The molecule has 1 heterocycles. The number of carbonyl (C=O) groups is 1. The summed E-state index contributed by atoms with van der Waals surface area (Å²) < 4.78 is 0. The number of nitriles is 1. The zero-order chi connectivity index (χ0) is 14.7. The second-order valence-electron chi connectivity index (χ2n) is 4.55. The molecule has 1 aromatic heterocycles. The monoisotopic (exact) mass is 273 g/mol. The van der Waals surface area contributed by atoms with E-state index in [1.54, 1.807) is 42.6 Å². The van der Waals surface area contributed by atoms with Crippen molar-refractivity contribution in [3.05, 3.63) is 71.9 Å². The van der Waals surface area contributed by atoms with Crippen LogP contribution in [0.2, 0.25) is 0 Å². The molecule has 2 aromatic carbocycles. The Morgan fingerprint density at radius 3 is 2.67 bits per heavy atom. The van der Waals surface area contributed by atoms with Crippen molar-refractivity contribution in [2.75, 3.05) is 5.32 Å². The lowest BCUT2D eigenvalue weighted by Gasteiger charge is -2.06. The van der Waals surface area contributed by atoms with Gasteiger partial charge in [0, 0.05) is 22.8 Å². The van der Waals surface area contributed by atoms with Gasteiger partial charge in [-0.15, -0.1) is 0 Å². The molecule has 0 spiro atoms. The highest BCUT2D eigenvalue weighted by atomic mass is 16.1. The number of aromatic nitrogens is 1. The molecule has 0 fully saturated rings. The lowest BCUT2D eigenvalue weighted by atomic mass is 10.1. The summed E-state index contributed by atoms with van der Waals surface area (Å²) in [5.41, 5.74) is 2.64. The fourth-order valence-electron chi connectivity index (χ4n) is 2.05. The van der Waals surface area contributed by atoms with Crippen LogP contribution >= 0.6 is 0 Å². The van der Waals surface area contributed by atoms with Gasteiger partial charge < -0.3 is 5.32 Å². The SMILES string of the molecule is N#Cc1ccc(NC(=O)c2ccc3ncccc3c2)cc1. The number of anilines is 1. The molecule has 4 heteroatoms. The minimum Gasteiger partial charge on any atom is -0.322 e. The standard InChI is InChI=1S/C17H11N3O/c18-11-12-3-6-15(7-4-12)20-17(21)14-5-8-16-13(10-14)2-1-9-19-16/h1-10H,(H,20,21). The van der Waals surface area contributed by atoms with Crippen molar-refractivity contribution >= 4 is 22.5 Å². The number of fused-ring (bicyclic) bond motifs is 1. The van der Waals surface area contributed by atoms with Gasteiger partial charge >= 0.3 is 0 Å². The lowest BCUT2D eigenvalue weighted by molar-refractivity contribution is 0.102. The first-order valence-corrected chi connectivity index (χ1v) is 6.42. The second-order valence-corrected chi connectivity index (χ2v) is 4.55. The van der Waals surface area contributed by atoms with Crippen molar-refractivity contribution in [3.8, 4) is 6.07 Å². The maximum Gasteiger partial charge on any atom is 0.255 e. The summed E-state index contributed by atoms with van der Waals surface area (Å²) in [7, 11) is 0. The van der Waals surface area contributed by atoms with E-state index >= 15 is 0 Å². The van der Waals surface area contributed by atoms with Crippen molar-refractivity contribution in [2.24, 2.45) is 0 Å². The third-order valence-corrected chi connectivity index (χ3v) is 3.14. The molecule has 0 atom stereocenters. The predicted octanol–water partition coefficient (Wildman–Crippen LogP) is 3.36. The number of carbonyl (C=O) groups excluding carboxylic acids is 1. The van der Waals surface area contributed by atoms with Crippen LogP contribution in [0.25, 0.3) is 10.9 Å². The molecule has 1 amide bonds. The molecule has 0 saturated heterocycles. The van der Waals surface area contributed by atoms with Crippen LogP contribution in [0.15, 0.2) is 60.8 Å². The van der Waals surface area contributed by atoms with Crippen molar-refractivity contribution in [2.45, 2.75) is 0 Å². The van der Waals surface area contributed by atoms with Crippen molar-refractivity contribution in [1.29, 1.82) is 5.26 Å². The van der Waals surface area contributed by atoms with Crippen LogP contribution in [0.4, 0.5) is 5.69 Å². The predicted molar refractivity (Wildman–Crippen MR) is 80.9 cm³/mol. The van der Waals surface area contributed by atoms with Crippen LogP contribution in [0.3, 0.4) is 0 Å². The van der Waals surface area contributed by atoms with Crippen molar-refractivity contribution in [1.82, 2.24) is 4.98 Å². The first-order chi connectivity index (χ1) is 10.3. The summed E-state index contributed by atoms with van der Waals surface area (Å²) in [5, 5.41) is 12.5. The highest BCUT2D eigenvalue weighted by Crippen LogP contribution is 2.15. The molecule has 3 aromatic rings. The van der Waals surface area contributed by atoms with Gasteiger partial charge in [-0.2, -0.15) is 5.26 Å². The third-order valence-electron chi connectivity index (χ3n) is 3.14. The normalized spacial score (nSPS) is 10.0. The van der Waals surface area contributed by atoms with E-state index in [-0.39, 0.29) is 5.91 Å². The van der Waals surface area contributed by atoms with Gasteiger partial charge in [0.05, 0.1) is 17.1 Å². The Morgan fingerprint density at radius 1 is 1.10 bits per heavy atom. The van der Waals surface area contributed by atoms with Crippen LogP contribution in [0.5, 0.6) is 0 Å². The minimum absolute atomic E-state index is 0.189. The number of hydrogen-bond acceptors (Lipinski definition) is 3. The van der Waals surface area contributed by atoms with Gasteiger partial charge in [0.25, 0.3) is 5.91 Å². The van der Waals surface area contributed by atoms with E-state index in [9.17, 15) is 4.79 Å². The molecule has 0 aliphatic heterocycles. The third kappa shape index (κ3) is 2.72. The highest BCUT2D eigenvalue weighted by molar-refractivity contribution is 6.06. The van der Waals surface area contributed by atoms with Gasteiger partial charge in [-0.1, -0.05) is 6.07 Å². The number of pyridine rings is 1. The summed E-state index contributed by atoms with van der Waals surface area (Å²) in [6, 6.07) is 17.9. The van der Waals surface area contributed by atoms with E-state index in [1.165, 1.54) is 0 Å².